The highest BCUT2D eigenvalue weighted by Gasteiger charge is 2.32. The summed E-state index contributed by atoms with van der Waals surface area (Å²) in [6.07, 6.45) is 1.68. The Labute approximate surface area is 201 Å². The third kappa shape index (κ3) is 5.35. The average molecular weight is 476 g/mol. The molecule has 6 nitrogen and oxygen atoms in total. The van der Waals surface area contributed by atoms with Gasteiger partial charge in [0.05, 0.1) is 24.2 Å². The molecule has 0 fully saturated rings. The van der Waals surface area contributed by atoms with Crippen LogP contribution in [0.1, 0.15) is 11.1 Å². The number of anilines is 2. The minimum absolute atomic E-state index is 0.0134. The van der Waals surface area contributed by atoms with Gasteiger partial charge in [-0.2, -0.15) is 0 Å². The van der Waals surface area contributed by atoms with Crippen LogP contribution in [0.25, 0.3) is 6.08 Å². The number of nitrogens with zero attached hydrogens (tertiary/aromatic N) is 2. The quantitative estimate of drug-likeness (QED) is 0.494. The second kappa shape index (κ2) is 10.4. The second-order valence-electron chi connectivity index (χ2n) is 7.49. The highest BCUT2D eigenvalue weighted by molar-refractivity contribution is 8.14. The van der Waals surface area contributed by atoms with Crippen LogP contribution in [0.3, 0.4) is 0 Å². The summed E-state index contributed by atoms with van der Waals surface area (Å²) >= 11 is 1.12. The molecule has 1 N–H and O–H groups in total. The molecule has 2 amide bonds. The number of thioether (sulfide) groups is 1. The minimum Gasteiger partial charge on any atom is -0.495 e. The third-order valence-corrected chi connectivity index (χ3v) is 5.92. The maximum Gasteiger partial charge on any atom is 0.283 e. The predicted octanol–water partition coefficient (Wildman–Crippen LogP) is 5.26. The number of rotatable bonds is 6. The van der Waals surface area contributed by atoms with Crippen molar-refractivity contribution >= 4 is 46.2 Å². The van der Waals surface area contributed by atoms with Crippen molar-refractivity contribution in [1.82, 2.24) is 0 Å². The molecule has 0 spiro atoms. The average Bonchev–Trinajstić information content (AvgIpc) is 3.14. The van der Waals surface area contributed by atoms with Gasteiger partial charge in [-0.3, -0.25) is 14.5 Å². The van der Waals surface area contributed by atoms with Gasteiger partial charge in [-0.25, -0.2) is 9.38 Å². The van der Waals surface area contributed by atoms with Crippen LogP contribution in [-0.2, 0) is 9.59 Å². The number of ether oxygens (including phenoxy) is 1. The molecule has 0 saturated heterocycles. The molecular formula is C26H22FN3O3S. The lowest BCUT2D eigenvalue weighted by atomic mass is 10.2. The fraction of sp³-hybridized carbons (Fsp3) is 0.115. The lowest BCUT2D eigenvalue weighted by Gasteiger charge is -2.18. The fourth-order valence-electron chi connectivity index (χ4n) is 3.35. The zero-order chi connectivity index (χ0) is 24.1. The molecule has 0 atom stereocenters. The van der Waals surface area contributed by atoms with Crippen LogP contribution in [-0.4, -0.2) is 29.8 Å². The molecule has 0 aliphatic carbocycles. The summed E-state index contributed by atoms with van der Waals surface area (Å²) in [4.78, 5) is 31.7. The van der Waals surface area contributed by atoms with Crippen molar-refractivity contribution in [3.05, 3.63) is 95.4 Å². The molecule has 1 heterocycles. The smallest absolute Gasteiger partial charge is 0.283 e. The highest BCUT2D eigenvalue weighted by Crippen LogP contribution is 2.30. The number of amidine groups is 1. The predicted molar refractivity (Wildman–Crippen MR) is 135 cm³/mol. The Morgan fingerprint density at radius 3 is 2.56 bits per heavy atom. The Kier molecular flexibility index (Phi) is 7.08. The first-order chi connectivity index (χ1) is 16.4. The van der Waals surface area contributed by atoms with E-state index in [1.807, 2.05) is 49.4 Å². The molecule has 3 aromatic carbocycles. The van der Waals surface area contributed by atoms with Gasteiger partial charge in [-0.1, -0.05) is 48.2 Å². The topological polar surface area (TPSA) is 71.0 Å². The Balaban J connectivity index is 1.56. The fourth-order valence-corrected chi connectivity index (χ4v) is 4.17. The van der Waals surface area contributed by atoms with Gasteiger partial charge in [0, 0.05) is 0 Å². The van der Waals surface area contributed by atoms with Crippen LogP contribution in [0, 0.1) is 12.7 Å². The van der Waals surface area contributed by atoms with Crippen LogP contribution >= 0.6 is 11.8 Å². The van der Waals surface area contributed by atoms with Gasteiger partial charge in [-0.15, -0.1) is 0 Å². The van der Waals surface area contributed by atoms with Gasteiger partial charge in [-0.05, 0) is 60.5 Å². The van der Waals surface area contributed by atoms with Crippen molar-refractivity contribution in [2.24, 2.45) is 4.99 Å². The number of halogens is 1. The summed E-state index contributed by atoms with van der Waals surface area (Å²) in [6.45, 7) is 1.92. The van der Waals surface area contributed by atoms with E-state index in [9.17, 15) is 14.0 Å². The third-order valence-electron chi connectivity index (χ3n) is 4.98. The number of benzene rings is 3. The molecule has 8 heteroatoms. The van der Waals surface area contributed by atoms with Gasteiger partial charge in [0.15, 0.2) is 5.17 Å². The number of nitrogens with one attached hydrogen (secondary N) is 1. The summed E-state index contributed by atoms with van der Waals surface area (Å²) in [5.74, 6) is -0.465. The second-order valence-corrected chi connectivity index (χ2v) is 8.43. The molecule has 0 saturated carbocycles. The van der Waals surface area contributed by atoms with Gasteiger partial charge >= 0.3 is 0 Å². The summed E-state index contributed by atoms with van der Waals surface area (Å²) in [7, 11) is 1.54. The van der Waals surface area contributed by atoms with E-state index >= 15 is 0 Å². The molecule has 34 heavy (non-hydrogen) atoms. The standard InChI is InChI=1S/C26H22FN3O3S/c1-17-8-13-23(33-2)21(14-17)28-24(31)16-34-26-29-22(15-18-6-4-3-5-7-18)25(32)30(26)20-11-9-19(27)10-12-20/h3-15H,16H2,1-2H3,(H,28,31)/b22-15-. The summed E-state index contributed by atoms with van der Waals surface area (Å²) in [5, 5.41) is 3.18. The largest absolute Gasteiger partial charge is 0.495 e. The zero-order valence-corrected chi connectivity index (χ0v) is 19.4. The molecule has 0 bridgehead atoms. The summed E-state index contributed by atoms with van der Waals surface area (Å²) in [5.41, 5.74) is 3.07. The van der Waals surface area contributed by atoms with Crippen molar-refractivity contribution in [2.45, 2.75) is 6.92 Å². The molecule has 3 aromatic rings. The van der Waals surface area contributed by atoms with E-state index in [0.29, 0.717) is 22.3 Å². The molecule has 4 rings (SSSR count). The number of aryl methyl sites for hydroxylation is 1. The normalized spacial score (nSPS) is 14.3. The molecule has 0 radical (unpaired) electrons. The van der Waals surface area contributed by atoms with Crippen LogP contribution in [0.5, 0.6) is 5.75 Å². The first-order valence-corrected chi connectivity index (χ1v) is 11.5. The number of hydrogen-bond donors (Lipinski definition) is 1. The van der Waals surface area contributed by atoms with Gasteiger partial charge < -0.3 is 10.1 Å². The van der Waals surface area contributed by atoms with Crippen molar-refractivity contribution in [3.8, 4) is 5.75 Å². The van der Waals surface area contributed by atoms with Gasteiger partial charge in [0.25, 0.3) is 5.91 Å². The monoisotopic (exact) mass is 475 g/mol. The first-order valence-electron chi connectivity index (χ1n) is 10.5. The number of methoxy groups -OCH3 is 1. The maximum atomic E-state index is 13.5. The van der Waals surface area contributed by atoms with Crippen molar-refractivity contribution in [3.63, 3.8) is 0 Å². The molecule has 0 aromatic heterocycles. The Hall–Kier alpha value is -3.91. The Bertz CT molecular complexity index is 1270. The van der Waals surface area contributed by atoms with Crippen molar-refractivity contribution < 1.29 is 18.7 Å². The number of carbonyl (C=O) groups excluding carboxylic acids is 2. The molecular weight excluding hydrogens is 453 g/mol. The van der Waals surface area contributed by atoms with E-state index in [1.54, 1.807) is 12.1 Å². The van der Waals surface area contributed by atoms with E-state index in [0.717, 1.165) is 22.9 Å². The molecule has 0 unspecified atom stereocenters. The van der Waals surface area contributed by atoms with Crippen LogP contribution in [0.2, 0.25) is 0 Å². The lowest BCUT2D eigenvalue weighted by Crippen LogP contribution is -2.31. The van der Waals surface area contributed by atoms with Crippen molar-refractivity contribution in [2.75, 3.05) is 23.1 Å². The summed E-state index contributed by atoms with van der Waals surface area (Å²) in [6, 6.07) is 20.4. The first kappa shape index (κ1) is 23.3. The van der Waals surface area contributed by atoms with Crippen molar-refractivity contribution in [1.29, 1.82) is 0 Å². The lowest BCUT2D eigenvalue weighted by molar-refractivity contribution is -0.114. The van der Waals surface area contributed by atoms with E-state index in [2.05, 4.69) is 10.3 Å². The minimum atomic E-state index is -0.409. The van der Waals surface area contributed by atoms with Gasteiger partial charge in [0.1, 0.15) is 17.3 Å². The van der Waals surface area contributed by atoms with E-state index in [-0.39, 0.29) is 23.3 Å². The SMILES string of the molecule is COc1ccc(C)cc1NC(=O)CSC1=N/C(=C\c2ccccc2)C(=O)N1c1ccc(F)cc1. The number of carbonyl (C=O) groups is 2. The Morgan fingerprint density at radius 1 is 1.12 bits per heavy atom. The number of hydrogen-bond acceptors (Lipinski definition) is 5. The van der Waals surface area contributed by atoms with E-state index in [1.165, 1.54) is 36.3 Å². The molecule has 1 aliphatic rings. The summed E-state index contributed by atoms with van der Waals surface area (Å²) < 4.78 is 18.8. The highest BCUT2D eigenvalue weighted by atomic mass is 32.2. The van der Waals surface area contributed by atoms with Crippen LogP contribution < -0.4 is 15.0 Å². The van der Waals surface area contributed by atoms with Crippen LogP contribution in [0.4, 0.5) is 15.8 Å². The van der Waals surface area contributed by atoms with Gasteiger partial charge in [0.2, 0.25) is 5.91 Å². The molecule has 172 valence electrons. The maximum absolute atomic E-state index is 13.5. The Morgan fingerprint density at radius 2 is 1.85 bits per heavy atom. The number of aliphatic imine (C=N–C) groups is 1. The van der Waals surface area contributed by atoms with Crippen LogP contribution in [0.15, 0.2) is 83.5 Å². The molecule has 1 aliphatic heterocycles. The van der Waals surface area contributed by atoms with E-state index in [4.69, 9.17) is 4.74 Å². The van der Waals surface area contributed by atoms with E-state index < -0.39 is 5.82 Å². The number of amides is 2. The zero-order valence-electron chi connectivity index (χ0n) is 18.6.